The van der Waals surface area contributed by atoms with Crippen molar-refractivity contribution >= 4 is 33.7 Å². The van der Waals surface area contributed by atoms with E-state index in [2.05, 4.69) is 25.9 Å². The van der Waals surface area contributed by atoms with Crippen LogP contribution in [0.25, 0.3) is 0 Å². The van der Waals surface area contributed by atoms with E-state index in [1.54, 1.807) is 0 Å². The molecule has 92 valence electrons. The molecule has 0 atom stereocenters. The summed E-state index contributed by atoms with van der Waals surface area (Å²) >= 11 is 3.98. The Bertz CT molecular complexity index is 609. The number of halogens is 2. The number of carbonyl (C=O) groups is 1. The van der Waals surface area contributed by atoms with Crippen molar-refractivity contribution in [2.24, 2.45) is 0 Å². The third kappa shape index (κ3) is 2.85. The standard InChI is InChI=1S/C11H6BrFN2O2S/c12-6-4-8(13)10(15-5-6)18-9-7(11(16)17)2-1-3-14-9/h1-5H,(H,16,17). The number of aromatic nitrogens is 2. The summed E-state index contributed by atoms with van der Waals surface area (Å²) in [6.45, 7) is 0. The highest BCUT2D eigenvalue weighted by Crippen LogP contribution is 2.29. The highest BCUT2D eigenvalue weighted by molar-refractivity contribution is 9.10. The van der Waals surface area contributed by atoms with Gasteiger partial charge in [0.05, 0.1) is 5.56 Å². The van der Waals surface area contributed by atoms with Crippen molar-refractivity contribution in [2.45, 2.75) is 10.1 Å². The van der Waals surface area contributed by atoms with Gasteiger partial charge in [0.25, 0.3) is 0 Å². The van der Waals surface area contributed by atoms with Crippen molar-refractivity contribution in [2.75, 3.05) is 0 Å². The van der Waals surface area contributed by atoms with E-state index in [1.165, 1.54) is 30.6 Å². The van der Waals surface area contributed by atoms with E-state index in [0.29, 0.717) is 4.47 Å². The van der Waals surface area contributed by atoms with Crippen LogP contribution in [0.15, 0.2) is 45.1 Å². The normalized spacial score (nSPS) is 10.3. The number of pyridine rings is 2. The summed E-state index contributed by atoms with van der Waals surface area (Å²) in [5.74, 6) is -1.64. The minimum absolute atomic E-state index is 0.0200. The van der Waals surface area contributed by atoms with Crippen LogP contribution in [0.4, 0.5) is 4.39 Å². The third-order valence-electron chi connectivity index (χ3n) is 1.97. The molecule has 2 aromatic rings. The summed E-state index contributed by atoms with van der Waals surface area (Å²) < 4.78 is 14.1. The van der Waals surface area contributed by atoms with Gasteiger partial charge in [0.15, 0.2) is 5.82 Å². The number of nitrogens with zero attached hydrogens (tertiary/aromatic N) is 2. The highest BCUT2D eigenvalue weighted by atomic mass is 79.9. The van der Waals surface area contributed by atoms with Crippen LogP contribution < -0.4 is 0 Å². The fourth-order valence-electron chi connectivity index (χ4n) is 1.20. The van der Waals surface area contributed by atoms with Gasteiger partial charge in [-0.2, -0.15) is 0 Å². The molecule has 0 saturated heterocycles. The van der Waals surface area contributed by atoms with Gasteiger partial charge >= 0.3 is 5.97 Å². The molecule has 0 aliphatic rings. The maximum atomic E-state index is 13.6. The lowest BCUT2D eigenvalue weighted by Crippen LogP contribution is -2.00. The van der Waals surface area contributed by atoms with Crippen molar-refractivity contribution in [3.8, 4) is 0 Å². The quantitative estimate of drug-likeness (QED) is 0.937. The summed E-state index contributed by atoms with van der Waals surface area (Å²) in [5, 5.41) is 9.27. The predicted molar refractivity (Wildman–Crippen MR) is 67.2 cm³/mol. The lowest BCUT2D eigenvalue weighted by molar-refractivity contribution is 0.0692. The highest BCUT2D eigenvalue weighted by Gasteiger charge is 2.14. The summed E-state index contributed by atoms with van der Waals surface area (Å²) in [4.78, 5) is 18.8. The van der Waals surface area contributed by atoms with Gasteiger partial charge in [-0.15, -0.1) is 0 Å². The molecule has 0 unspecified atom stereocenters. The maximum absolute atomic E-state index is 13.6. The second-order valence-corrected chi connectivity index (χ2v) is 5.10. The molecule has 0 saturated carbocycles. The second-order valence-electron chi connectivity index (χ2n) is 3.20. The van der Waals surface area contributed by atoms with E-state index in [-0.39, 0.29) is 15.6 Å². The number of hydrogen-bond donors (Lipinski definition) is 1. The molecule has 0 aromatic carbocycles. The van der Waals surface area contributed by atoms with Gasteiger partial charge in [-0.05, 0) is 45.9 Å². The largest absolute Gasteiger partial charge is 0.478 e. The van der Waals surface area contributed by atoms with Gasteiger partial charge in [0.1, 0.15) is 10.1 Å². The van der Waals surface area contributed by atoms with Crippen LogP contribution >= 0.6 is 27.7 Å². The topological polar surface area (TPSA) is 63.1 Å². The Morgan fingerprint density at radius 3 is 2.83 bits per heavy atom. The van der Waals surface area contributed by atoms with Gasteiger partial charge in [0, 0.05) is 16.9 Å². The first-order valence-electron chi connectivity index (χ1n) is 4.75. The first-order chi connectivity index (χ1) is 8.58. The lowest BCUT2D eigenvalue weighted by Gasteiger charge is -2.04. The van der Waals surface area contributed by atoms with E-state index >= 15 is 0 Å². The second kappa shape index (κ2) is 5.45. The molecular formula is C11H6BrFN2O2S. The molecule has 0 spiro atoms. The van der Waals surface area contributed by atoms with Crippen molar-refractivity contribution in [1.82, 2.24) is 9.97 Å². The Kier molecular flexibility index (Phi) is 3.93. The molecule has 0 aliphatic carbocycles. The van der Waals surface area contributed by atoms with Gasteiger partial charge < -0.3 is 5.11 Å². The molecule has 0 aliphatic heterocycles. The summed E-state index contributed by atoms with van der Waals surface area (Å²) in [5.41, 5.74) is 0.0200. The molecule has 0 radical (unpaired) electrons. The molecular weight excluding hydrogens is 323 g/mol. The van der Waals surface area contributed by atoms with Crippen LogP contribution in [0, 0.1) is 5.82 Å². The molecule has 0 bridgehead atoms. The minimum atomic E-state index is -1.11. The number of carboxylic acids is 1. The molecule has 2 aromatic heterocycles. The average molecular weight is 329 g/mol. The van der Waals surface area contributed by atoms with E-state index in [1.807, 2.05) is 0 Å². The zero-order valence-corrected chi connectivity index (χ0v) is 11.2. The molecule has 7 heteroatoms. The molecule has 2 rings (SSSR count). The van der Waals surface area contributed by atoms with Crippen LogP contribution in [0.2, 0.25) is 0 Å². The predicted octanol–water partition coefficient (Wildman–Crippen LogP) is 3.23. The summed E-state index contributed by atoms with van der Waals surface area (Å²) in [7, 11) is 0. The van der Waals surface area contributed by atoms with Crippen LogP contribution in [-0.2, 0) is 0 Å². The Hall–Kier alpha value is -1.47. The van der Waals surface area contributed by atoms with Crippen LogP contribution in [-0.4, -0.2) is 21.0 Å². The van der Waals surface area contributed by atoms with Gasteiger partial charge in [0.2, 0.25) is 0 Å². The first-order valence-corrected chi connectivity index (χ1v) is 6.36. The lowest BCUT2D eigenvalue weighted by atomic mass is 10.3. The van der Waals surface area contributed by atoms with E-state index in [4.69, 9.17) is 5.11 Å². The summed E-state index contributed by atoms with van der Waals surface area (Å²) in [6, 6.07) is 4.19. The van der Waals surface area contributed by atoms with E-state index in [0.717, 1.165) is 11.8 Å². The van der Waals surface area contributed by atoms with Gasteiger partial charge in [-0.25, -0.2) is 19.2 Å². The van der Waals surface area contributed by atoms with Gasteiger partial charge in [-0.1, -0.05) is 0 Å². The van der Waals surface area contributed by atoms with E-state index in [9.17, 15) is 9.18 Å². The average Bonchev–Trinajstić information content (AvgIpc) is 2.33. The Morgan fingerprint density at radius 1 is 1.39 bits per heavy atom. The number of hydrogen-bond acceptors (Lipinski definition) is 4. The molecule has 0 amide bonds. The molecule has 4 nitrogen and oxygen atoms in total. The number of rotatable bonds is 3. The Labute approximate surface area is 114 Å². The smallest absolute Gasteiger partial charge is 0.338 e. The zero-order chi connectivity index (χ0) is 13.1. The van der Waals surface area contributed by atoms with Crippen molar-refractivity contribution in [3.05, 3.63) is 46.4 Å². The fourth-order valence-corrected chi connectivity index (χ4v) is 2.33. The first kappa shape index (κ1) is 13.0. The molecule has 1 N–H and O–H groups in total. The van der Waals surface area contributed by atoms with E-state index < -0.39 is 11.8 Å². The SMILES string of the molecule is O=C(O)c1cccnc1Sc1ncc(Br)cc1F. The molecule has 0 fully saturated rings. The van der Waals surface area contributed by atoms with Crippen molar-refractivity contribution < 1.29 is 14.3 Å². The van der Waals surface area contributed by atoms with Gasteiger partial charge in [-0.3, -0.25) is 0 Å². The van der Waals surface area contributed by atoms with Crippen LogP contribution in [0.1, 0.15) is 10.4 Å². The molecule has 18 heavy (non-hydrogen) atoms. The van der Waals surface area contributed by atoms with Crippen LogP contribution in [0.3, 0.4) is 0 Å². The Balaban J connectivity index is 2.37. The maximum Gasteiger partial charge on any atom is 0.338 e. The number of carboxylic acid groups (broad SMARTS) is 1. The minimum Gasteiger partial charge on any atom is -0.478 e. The zero-order valence-electron chi connectivity index (χ0n) is 8.80. The summed E-state index contributed by atoms with van der Waals surface area (Å²) in [6.07, 6.45) is 2.89. The fraction of sp³-hybridized carbons (Fsp3) is 0. The van der Waals surface area contributed by atoms with Crippen molar-refractivity contribution in [3.63, 3.8) is 0 Å². The van der Waals surface area contributed by atoms with Crippen molar-refractivity contribution in [1.29, 1.82) is 0 Å². The van der Waals surface area contributed by atoms with Crippen LogP contribution in [0.5, 0.6) is 0 Å². The molecule has 2 heterocycles. The number of aromatic carboxylic acids is 1. The third-order valence-corrected chi connectivity index (χ3v) is 3.42. The Morgan fingerprint density at radius 2 is 2.17 bits per heavy atom. The monoisotopic (exact) mass is 328 g/mol.